The number of nitrogen functional groups attached to an aromatic ring is 1. The highest BCUT2D eigenvalue weighted by atomic mass is 35.5. The van der Waals surface area contributed by atoms with Gasteiger partial charge >= 0.3 is 0 Å². The van der Waals surface area contributed by atoms with Crippen LogP contribution in [0.5, 0.6) is 5.75 Å². The highest BCUT2D eigenvalue weighted by molar-refractivity contribution is 6.31. The summed E-state index contributed by atoms with van der Waals surface area (Å²) in [6.07, 6.45) is 2.40. The summed E-state index contributed by atoms with van der Waals surface area (Å²) in [6, 6.07) is 22.9. The van der Waals surface area contributed by atoms with E-state index >= 15 is 0 Å². The van der Waals surface area contributed by atoms with Crippen LogP contribution in [-0.4, -0.2) is 44.0 Å². The Kier molecular flexibility index (Phi) is 7.28. The van der Waals surface area contributed by atoms with E-state index in [0.717, 1.165) is 29.8 Å². The van der Waals surface area contributed by atoms with Crippen molar-refractivity contribution in [3.05, 3.63) is 106 Å². The molecule has 3 heterocycles. The van der Waals surface area contributed by atoms with E-state index in [4.69, 9.17) is 26.7 Å². The van der Waals surface area contributed by atoms with Crippen LogP contribution in [0.4, 0.5) is 11.5 Å². The van der Waals surface area contributed by atoms with Gasteiger partial charge in [0.15, 0.2) is 5.69 Å². The Labute approximate surface area is 239 Å². The van der Waals surface area contributed by atoms with Crippen molar-refractivity contribution < 1.29 is 14.2 Å². The van der Waals surface area contributed by atoms with Crippen molar-refractivity contribution in [3.8, 4) is 11.6 Å². The van der Waals surface area contributed by atoms with Crippen LogP contribution in [0.2, 0.25) is 5.02 Å². The number of benzene rings is 3. The second-order valence-corrected chi connectivity index (χ2v) is 9.63. The summed E-state index contributed by atoms with van der Waals surface area (Å²) < 4.78 is 12.0. The smallest absolute Gasteiger partial charge is 0.293 e. The predicted molar refractivity (Wildman–Crippen MR) is 152 cm³/mol. The summed E-state index contributed by atoms with van der Waals surface area (Å²) in [7, 11) is 0. The number of hydrazone groups is 1. The minimum Gasteiger partial charge on any atom is -0.489 e. The molecule has 3 N–H and O–H groups in total. The molecule has 0 radical (unpaired) electrons. The Hall–Kier alpha value is -5.23. The van der Waals surface area contributed by atoms with Gasteiger partial charge in [-0.05, 0) is 52.1 Å². The first kappa shape index (κ1) is 26.0. The number of aromatic nitrogens is 5. The van der Waals surface area contributed by atoms with E-state index in [0.29, 0.717) is 29.6 Å². The van der Waals surface area contributed by atoms with Crippen LogP contribution in [0.15, 0.2) is 82.5 Å². The van der Waals surface area contributed by atoms with E-state index in [1.807, 2.05) is 60.7 Å². The molecule has 0 spiro atoms. The van der Waals surface area contributed by atoms with E-state index in [2.05, 4.69) is 42.1 Å². The number of halogens is 1. The fourth-order valence-electron chi connectivity index (χ4n) is 4.56. The fourth-order valence-corrected chi connectivity index (χ4v) is 4.75. The molecule has 0 aliphatic carbocycles. The van der Waals surface area contributed by atoms with Crippen LogP contribution >= 0.6 is 11.6 Å². The molecule has 0 atom stereocenters. The van der Waals surface area contributed by atoms with Gasteiger partial charge in [-0.2, -0.15) is 9.78 Å². The maximum absolute atomic E-state index is 13.2. The van der Waals surface area contributed by atoms with E-state index in [9.17, 15) is 4.79 Å². The molecule has 1 aliphatic rings. The third-order valence-corrected chi connectivity index (χ3v) is 6.96. The average Bonchev–Trinajstić information content (AvgIpc) is 3.71. The maximum Gasteiger partial charge on any atom is 0.293 e. The Morgan fingerprint density at radius 2 is 1.98 bits per heavy atom. The van der Waals surface area contributed by atoms with Crippen LogP contribution in [0.3, 0.4) is 0 Å². The lowest BCUT2D eigenvalue weighted by Crippen LogP contribution is -2.26. The number of nitrogens with one attached hydrogen (secondary N) is 1. The van der Waals surface area contributed by atoms with Gasteiger partial charge in [-0.25, -0.2) is 10.1 Å². The number of carbonyl (C=O) groups is 1. The topological polar surface area (TPSA) is 150 Å². The molecule has 0 saturated heterocycles. The number of hydrogen-bond acceptors (Lipinski definition) is 10. The monoisotopic (exact) mass is 569 g/mol. The third kappa shape index (κ3) is 5.58. The van der Waals surface area contributed by atoms with Gasteiger partial charge in [-0.3, -0.25) is 4.79 Å². The first-order chi connectivity index (χ1) is 20.1. The molecule has 0 bridgehead atoms. The van der Waals surface area contributed by atoms with Crippen LogP contribution < -0.4 is 20.8 Å². The summed E-state index contributed by atoms with van der Waals surface area (Å²) in [5, 5.41) is 20.5. The van der Waals surface area contributed by atoms with E-state index < -0.39 is 5.91 Å². The molecule has 0 saturated carbocycles. The highest BCUT2D eigenvalue weighted by Crippen LogP contribution is 2.30. The minimum atomic E-state index is -0.545. The second kappa shape index (κ2) is 11.5. The maximum atomic E-state index is 13.2. The van der Waals surface area contributed by atoms with Gasteiger partial charge in [-0.15, -0.1) is 5.10 Å². The predicted octanol–water partition coefficient (Wildman–Crippen LogP) is 3.79. The number of nitrogens with zero attached hydrogens (tertiary/aromatic N) is 7. The second-order valence-electron chi connectivity index (χ2n) is 9.22. The summed E-state index contributed by atoms with van der Waals surface area (Å²) in [5.41, 5.74) is 12.9. The van der Waals surface area contributed by atoms with Crippen molar-refractivity contribution in [2.24, 2.45) is 5.10 Å². The molecule has 1 aliphatic heterocycles. The summed E-state index contributed by atoms with van der Waals surface area (Å²) in [6.45, 7) is 1.42. The number of fused-ring (bicyclic) bond motifs is 1. The van der Waals surface area contributed by atoms with Gasteiger partial charge in [0, 0.05) is 22.8 Å². The number of rotatable bonds is 9. The summed E-state index contributed by atoms with van der Waals surface area (Å²) in [5.74, 6) is 0.266. The van der Waals surface area contributed by atoms with Gasteiger partial charge in [-0.1, -0.05) is 65.3 Å². The van der Waals surface area contributed by atoms with Crippen molar-refractivity contribution in [3.63, 3.8) is 0 Å². The summed E-state index contributed by atoms with van der Waals surface area (Å²) >= 11 is 6.22. The molecular formula is C28H24ClN9O3. The van der Waals surface area contributed by atoms with Crippen LogP contribution in [0.1, 0.15) is 32.9 Å². The minimum absolute atomic E-state index is 0.0274. The zero-order chi connectivity index (χ0) is 28.2. The molecule has 206 valence electrons. The lowest BCUT2D eigenvalue weighted by atomic mass is 10.2. The number of nitrogens with two attached hydrogens (primary N) is 1. The highest BCUT2D eigenvalue weighted by Gasteiger charge is 2.28. The van der Waals surface area contributed by atoms with Crippen LogP contribution in [0, 0.1) is 0 Å². The number of ether oxygens (including phenoxy) is 1. The molecule has 0 unspecified atom stereocenters. The van der Waals surface area contributed by atoms with E-state index in [-0.39, 0.29) is 17.3 Å². The number of carbonyl (C=O) groups excluding carboxylic acids is 1. The Morgan fingerprint density at radius 1 is 1.12 bits per heavy atom. The zero-order valence-corrected chi connectivity index (χ0v) is 22.4. The number of amides is 1. The van der Waals surface area contributed by atoms with Crippen molar-refractivity contribution in [1.82, 2.24) is 30.7 Å². The van der Waals surface area contributed by atoms with Crippen LogP contribution in [0.25, 0.3) is 5.82 Å². The SMILES string of the molecule is Nc1nonc1-n1nnc(C(=O)N/N=C/c2cccc(OCc3ccccc3Cl)c2)c1CN1CCc2ccccc21. The summed E-state index contributed by atoms with van der Waals surface area (Å²) in [4.78, 5) is 15.4. The molecule has 41 heavy (non-hydrogen) atoms. The Morgan fingerprint density at radius 3 is 2.83 bits per heavy atom. The molecule has 3 aromatic carbocycles. The quantitative estimate of drug-likeness (QED) is 0.200. The first-order valence-corrected chi connectivity index (χ1v) is 13.1. The Balaban J connectivity index is 1.18. The fraction of sp³-hybridized carbons (Fsp3) is 0.143. The van der Waals surface area contributed by atoms with Gasteiger partial charge in [0.1, 0.15) is 12.4 Å². The van der Waals surface area contributed by atoms with Gasteiger partial charge in [0.25, 0.3) is 5.91 Å². The molecule has 0 fully saturated rings. The normalized spacial score (nSPS) is 12.6. The third-order valence-electron chi connectivity index (χ3n) is 6.59. The molecule has 5 aromatic rings. The molecule has 6 rings (SSSR count). The van der Waals surface area contributed by atoms with E-state index in [1.165, 1.54) is 16.5 Å². The lowest BCUT2D eigenvalue weighted by Gasteiger charge is -2.19. The van der Waals surface area contributed by atoms with Crippen molar-refractivity contribution in [2.75, 3.05) is 17.2 Å². The van der Waals surface area contributed by atoms with Gasteiger partial charge in [0.2, 0.25) is 11.6 Å². The standard InChI is InChI=1S/C28H24ClN9O3/c29-22-10-3-1-8-20(22)17-40-21-9-5-6-18(14-21)15-31-33-28(39)25-24(38(36-32-25)27-26(30)34-41-35-27)16-37-13-12-19-7-2-4-11-23(19)37/h1-11,14-15H,12-13,16-17H2,(H2,30,34)(H,33,39)/b31-15+. The van der Waals surface area contributed by atoms with Crippen molar-refractivity contribution in [1.29, 1.82) is 0 Å². The number of hydrogen-bond donors (Lipinski definition) is 2. The number of para-hydroxylation sites is 1. The molecule has 13 heteroatoms. The largest absolute Gasteiger partial charge is 0.489 e. The average molecular weight is 570 g/mol. The number of anilines is 2. The first-order valence-electron chi connectivity index (χ1n) is 12.7. The van der Waals surface area contributed by atoms with Gasteiger partial charge < -0.3 is 15.4 Å². The zero-order valence-electron chi connectivity index (χ0n) is 21.6. The molecule has 1 amide bonds. The Bertz CT molecular complexity index is 1730. The lowest BCUT2D eigenvalue weighted by molar-refractivity contribution is 0.0949. The molecule has 2 aromatic heterocycles. The van der Waals surface area contributed by atoms with Crippen molar-refractivity contribution in [2.45, 2.75) is 19.6 Å². The van der Waals surface area contributed by atoms with Gasteiger partial charge in [0.05, 0.1) is 18.5 Å². The van der Waals surface area contributed by atoms with Crippen LogP contribution in [-0.2, 0) is 19.6 Å². The van der Waals surface area contributed by atoms with Crippen molar-refractivity contribution >= 4 is 35.2 Å². The van der Waals surface area contributed by atoms with E-state index in [1.54, 1.807) is 6.07 Å². The molecular weight excluding hydrogens is 546 g/mol. The molecule has 12 nitrogen and oxygen atoms in total.